The minimum Gasteiger partial charge on any atom is -0.484 e. The van der Waals surface area contributed by atoms with Gasteiger partial charge in [-0.25, -0.2) is 4.98 Å². The van der Waals surface area contributed by atoms with Gasteiger partial charge in [-0.3, -0.25) is 24.1 Å². The summed E-state index contributed by atoms with van der Waals surface area (Å²) in [6.45, 7) is 6.91. The van der Waals surface area contributed by atoms with Crippen LogP contribution in [0.1, 0.15) is 49.6 Å². The second-order valence-electron chi connectivity index (χ2n) is 18.3. The van der Waals surface area contributed by atoms with Gasteiger partial charge in [0.15, 0.2) is 11.7 Å². The molecule has 5 aromatic carbocycles. The van der Waals surface area contributed by atoms with Crippen molar-refractivity contribution in [1.29, 1.82) is 5.26 Å². The number of thiazole rings is 1. The van der Waals surface area contributed by atoms with Crippen LogP contribution in [0.3, 0.4) is 0 Å². The number of alkyl halides is 3. The first-order chi connectivity index (χ1) is 34.3. The molecule has 0 aliphatic carbocycles. The maximum absolute atomic E-state index is 14.1. The van der Waals surface area contributed by atoms with Crippen LogP contribution in [-0.4, -0.2) is 81.6 Å². The number of nitrogens with one attached hydrogen (secondary N) is 2. The topological polar surface area (TPSA) is 177 Å². The fraction of sp³-hybridized carbons (Fsp3) is 0.264. The Kier molecular flexibility index (Phi) is 14.8. The number of thiocarbonyl (C=S) groups is 1. The lowest BCUT2D eigenvalue weighted by Gasteiger charge is -2.35. The van der Waals surface area contributed by atoms with Gasteiger partial charge in [-0.15, -0.1) is 11.3 Å². The molecular weight excluding hydrogens is 968 g/mol. The zero-order chi connectivity index (χ0) is 51.5. The third-order valence-corrected chi connectivity index (χ3v) is 13.5. The first-order valence-electron chi connectivity index (χ1n) is 22.7. The van der Waals surface area contributed by atoms with Crippen LogP contribution in [0, 0.1) is 23.7 Å². The lowest BCUT2D eigenvalue weighted by molar-refractivity contribution is -0.144. The van der Waals surface area contributed by atoms with Gasteiger partial charge in [-0.1, -0.05) is 69.3 Å². The molecule has 4 amide bonds. The van der Waals surface area contributed by atoms with E-state index >= 15 is 0 Å². The lowest BCUT2D eigenvalue weighted by atomic mass is 9.85. The number of nitrogens with zero attached hydrogens (tertiary/aromatic N) is 5. The zero-order valence-corrected chi connectivity index (χ0v) is 41.0. The van der Waals surface area contributed by atoms with Crippen molar-refractivity contribution in [2.45, 2.75) is 65.0 Å². The third-order valence-electron chi connectivity index (χ3n) is 12.1. The SMILES string of the molecule is Cc1ncsc1-c1ccc(CNC(=O)[C@@H]2C[C@@H](O)CN2C(=O)[C@@H](NC(=O)COc2ccc(Oc3cccc(-c4ccc(N5CC(=O)N(c6ccc(C#N)c(C(F)(F)F)c6)C5=S)cc4)c3)cc2)C(C)(C)C)cc1. The molecule has 370 valence electrons. The third kappa shape index (κ3) is 11.4. The average molecular weight is 1020 g/mol. The van der Waals surface area contributed by atoms with Crippen LogP contribution in [0.2, 0.25) is 0 Å². The van der Waals surface area contributed by atoms with Crippen molar-refractivity contribution in [2.24, 2.45) is 5.41 Å². The summed E-state index contributed by atoms with van der Waals surface area (Å²) in [5.41, 5.74) is 4.22. The fourth-order valence-corrected chi connectivity index (χ4v) is 9.59. The number of nitriles is 1. The number of β-amino-alcohol motifs (C(OH)–C–C–N with tert-alkyl or cyclic N) is 1. The number of anilines is 2. The van der Waals surface area contributed by atoms with Gasteiger partial charge >= 0.3 is 6.18 Å². The summed E-state index contributed by atoms with van der Waals surface area (Å²) in [7, 11) is 0. The summed E-state index contributed by atoms with van der Waals surface area (Å²) in [5.74, 6) is -0.623. The number of carbonyl (C=O) groups excluding carboxylic acids is 4. The number of carbonyl (C=O) groups is 4. The summed E-state index contributed by atoms with van der Waals surface area (Å²) in [6, 6.07) is 31.4. The van der Waals surface area contributed by atoms with E-state index in [4.69, 9.17) is 21.7 Å². The highest BCUT2D eigenvalue weighted by Gasteiger charge is 2.45. The van der Waals surface area contributed by atoms with Crippen LogP contribution in [-0.2, 0) is 31.9 Å². The van der Waals surface area contributed by atoms with Crippen molar-refractivity contribution < 1.29 is 46.9 Å². The van der Waals surface area contributed by atoms with E-state index in [-0.39, 0.29) is 36.9 Å². The van der Waals surface area contributed by atoms with E-state index in [1.54, 1.807) is 80.1 Å². The van der Waals surface area contributed by atoms with Crippen LogP contribution in [0.15, 0.2) is 121 Å². The minimum absolute atomic E-state index is 0.00338. The van der Waals surface area contributed by atoms with Crippen LogP contribution in [0.25, 0.3) is 21.6 Å². The predicted molar refractivity (Wildman–Crippen MR) is 269 cm³/mol. The lowest BCUT2D eigenvalue weighted by Crippen LogP contribution is -2.58. The fourth-order valence-electron chi connectivity index (χ4n) is 8.41. The van der Waals surface area contributed by atoms with E-state index in [0.717, 1.165) is 49.9 Å². The molecule has 14 nitrogen and oxygen atoms in total. The van der Waals surface area contributed by atoms with Crippen molar-refractivity contribution in [3.63, 3.8) is 0 Å². The highest BCUT2D eigenvalue weighted by Crippen LogP contribution is 2.37. The Labute approximate surface area is 422 Å². The molecule has 0 radical (unpaired) electrons. The van der Waals surface area contributed by atoms with E-state index in [0.29, 0.717) is 22.9 Å². The minimum atomic E-state index is -4.80. The smallest absolute Gasteiger partial charge is 0.417 e. The zero-order valence-electron chi connectivity index (χ0n) is 39.4. The average Bonchev–Trinajstić information content (AvgIpc) is 4.06. The molecule has 0 unspecified atom stereocenters. The van der Waals surface area contributed by atoms with E-state index in [1.807, 2.05) is 61.5 Å². The van der Waals surface area contributed by atoms with Crippen molar-refractivity contribution in [3.8, 4) is 44.9 Å². The standard InChI is InChI=1S/C53H48F3N7O7S2/c1-31-47(72-30-59-31)34-10-8-32(9-11-34)26-58-49(67)44-24-39(64)27-62(44)50(68)48(52(2,3)4)60-45(65)29-69-40-18-20-41(21-19-40)70-42-7-5-6-35(22-42)33-12-15-37(16-13-33)61-28-46(66)63(51(61)71)38-17-14-36(25-57)43(23-38)53(54,55)56/h5-23,30,39,44,48,64H,24,26-29H2,1-4H3,(H,58,67)(H,60,65)/t39-,44+,48-/m1/s1. The van der Waals surface area contributed by atoms with Gasteiger partial charge in [-0.05, 0) is 114 Å². The van der Waals surface area contributed by atoms with E-state index < -0.39 is 71.1 Å². The molecule has 2 aliphatic rings. The Morgan fingerprint density at radius 1 is 0.903 bits per heavy atom. The molecule has 2 fully saturated rings. The van der Waals surface area contributed by atoms with E-state index in [9.17, 15) is 42.7 Å². The van der Waals surface area contributed by atoms with Crippen LogP contribution < -0.4 is 29.9 Å². The predicted octanol–water partition coefficient (Wildman–Crippen LogP) is 8.79. The van der Waals surface area contributed by atoms with Gasteiger partial charge in [-0.2, -0.15) is 18.4 Å². The number of aromatic nitrogens is 1. The maximum atomic E-state index is 14.1. The molecule has 19 heteroatoms. The maximum Gasteiger partial charge on any atom is 0.417 e. The van der Waals surface area contributed by atoms with Gasteiger partial charge in [0.05, 0.1) is 45.1 Å². The Morgan fingerprint density at radius 3 is 2.24 bits per heavy atom. The first kappa shape index (κ1) is 50.7. The first-order valence-corrected chi connectivity index (χ1v) is 24.0. The number of rotatable bonds is 14. The summed E-state index contributed by atoms with van der Waals surface area (Å²) in [5, 5.41) is 25.5. The molecule has 0 bridgehead atoms. The second-order valence-corrected chi connectivity index (χ2v) is 19.5. The molecule has 3 atom stereocenters. The number of likely N-dealkylation sites (tertiary alicyclic amines) is 1. The Balaban J connectivity index is 0.836. The van der Waals surface area contributed by atoms with E-state index in [2.05, 4.69) is 15.6 Å². The van der Waals surface area contributed by atoms with Crippen LogP contribution >= 0.6 is 23.6 Å². The number of benzene rings is 5. The number of aryl methyl sites for hydroxylation is 1. The Bertz CT molecular complexity index is 3060. The van der Waals surface area contributed by atoms with Crippen molar-refractivity contribution in [2.75, 3.05) is 29.5 Å². The Hall–Kier alpha value is -7.66. The summed E-state index contributed by atoms with van der Waals surface area (Å²) in [6.07, 6.45) is -5.66. The van der Waals surface area contributed by atoms with Crippen molar-refractivity contribution in [3.05, 3.63) is 143 Å². The highest BCUT2D eigenvalue weighted by atomic mass is 32.1. The van der Waals surface area contributed by atoms with Gasteiger partial charge in [0.2, 0.25) is 11.8 Å². The quantitative estimate of drug-likeness (QED) is 0.0889. The van der Waals surface area contributed by atoms with Crippen molar-refractivity contribution >= 4 is 63.7 Å². The van der Waals surface area contributed by atoms with Crippen LogP contribution in [0.5, 0.6) is 17.2 Å². The molecule has 6 aromatic rings. The molecular formula is C53H48F3N7O7S2. The summed E-state index contributed by atoms with van der Waals surface area (Å²) in [4.78, 5) is 63.2. The molecule has 2 aliphatic heterocycles. The molecule has 0 spiro atoms. The summed E-state index contributed by atoms with van der Waals surface area (Å²) < 4.78 is 52.9. The number of ether oxygens (including phenoxy) is 2. The van der Waals surface area contributed by atoms with Gasteiger partial charge in [0.25, 0.3) is 11.8 Å². The van der Waals surface area contributed by atoms with E-state index in [1.165, 1.54) is 21.9 Å². The van der Waals surface area contributed by atoms with Gasteiger partial charge in [0, 0.05) is 25.2 Å². The molecule has 8 rings (SSSR count). The molecule has 72 heavy (non-hydrogen) atoms. The number of amides is 4. The van der Waals surface area contributed by atoms with Gasteiger partial charge in [0.1, 0.15) is 35.9 Å². The molecule has 2 saturated heterocycles. The molecule has 1 aromatic heterocycles. The second kappa shape index (κ2) is 21.0. The number of hydrogen-bond acceptors (Lipinski definition) is 11. The number of hydrogen-bond donors (Lipinski definition) is 3. The van der Waals surface area contributed by atoms with Crippen molar-refractivity contribution in [1.82, 2.24) is 20.5 Å². The number of halogens is 3. The largest absolute Gasteiger partial charge is 0.484 e. The summed E-state index contributed by atoms with van der Waals surface area (Å²) >= 11 is 7.10. The highest BCUT2D eigenvalue weighted by molar-refractivity contribution is 7.81. The Morgan fingerprint density at radius 2 is 1.58 bits per heavy atom. The molecule has 3 heterocycles. The number of aliphatic hydroxyl groups is 1. The van der Waals surface area contributed by atoms with Gasteiger partial charge < -0.3 is 35.0 Å². The molecule has 3 N–H and O–H groups in total. The normalized spacial score (nSPS) is 16.3. The molecule has 0 saturated carbocycles. The monoisotopic (exact) mass is 1020 g/mol. The number of aliphatic hydroxyl groups excluding tert-OH is 1. The van der Waals surface area contributed by atoms with Crippen LogP contribution in [0.4, 0.5) is 24.5 Å².